The van der Waals surface area contributed by atoms with Gasteiger partial charge in [0.25, 0.3) is 0 Å². The molecule has 2 saturated heterocycles. The van der Waals surface area contributed by atoms with Crippen LogP contribution in [0.5, 0.6) is 0 Å². The van der Waals surface area contributed by atoms with Gasteiger partial charge >= 0.3 is 0 Å². The molecule has 3 aliphatic rings. The predicted molar refractivity (Wildman–Crippen MR) is 98.5 cm³/mol. The second-order valence-corrected chi connectivity index (χ2v) is 7.82. The van der Waals surface area contributed by atoms with Crippen LogP contribution in [-0.4, -0.2) is 85.9 Å². The predicted octanol–water partition coefficient (Wildman–Crippen LogP) is 0.886. The Morgan fingerprint density at radius 1 is 1.29 bits per heavy atom. The molecule has 138 valence electrons. The lowest BCUT2D eigenvalue weighted by Crippen LogP contribution is -2.53. The van der Waals surface area contributed by atoms with Gasteiger partial charge in [-0.15, -0.1) is 0 Å². The second kappa shape index (κ2) is 8.02. The first-order valence-corrected chi connectivity index (χ1v) is 9.65. The van der Waals surface area contributed by atoms with E-state index < -0.39 is 0 Å². The summed E-state index contributed by atoms with van der Waals surface area (Å²) in [6.45, 7) is 11.7. The molecule has 0 radical (unpaired) electrons. The zero-order chi connectivity index (χ0) is 17.1. The van der Waals surface area contributed by atoms with E-state index in [2.05, 4.69) is 46.2 Å². The van der Waals surface area contributed by atoms with Crippen molar-refractivity contribution in [2.75, 3.05) is 39.9 Å². The molecule has 2 heterocycles. The monoisotopic (exact) mass is 337 g/mol. The van der Waals surface area contributed by atoms with Gasteiger partial charge < -0.3 is 15.4 Å². The molecule has 0 amide bonds. The van der Waals surface area contributed by atoms with E-state index in [1.54, 1.807) is 0 Å². The van der Waals surface area contributed by atoms with Gasteiger partial charge in [0.2, 0.25) is 0 Å². The van der Waals surface area contributed by atoms with Gasteiger partial charge in [-0.3, -0.25) is 14.8 Å². The number of hydrogen-bond acceptors (Lipinski definition) is 4. The van der Waals surface area contributed by atoms with Crippen molar-refractivity contribution < 1.29 is 4.74 Å². The number of likely N-dealkylation sites (tertiary alicyclic amines) is 1. The summed E-state index contributed by atoms with van der Waals surface area (Å²) in [5.74, 6) is 0.942. The maximum absolute atomic E-state index is 5.54. The van der Waals surface area contributed by atoms with Crippen LogP contribution in [-0.2, 0) is 4.74 Å². The molecule has 4 atom stereocenters. The van der Waals surface area contributed by atoms with Gasteiger partial charge in [0.05, 0.1) is 13.2 Å². The van der Waals surface area contributed by atoms with Crippen molar-refractivity contribution in [3.05, 3.63) is 0 Å². The largest absolute Gasteiger partial charge is 0.379 e. The molecule has 3 rings (SSSR count). The van der Waals surface area contributed by atoms with Gasteiger partial charge in [-0.25, -0.2) is 0 Å². The zero-order valence-electron chi connectivity index (χ0n) is 15.8. The van der Waals surface area contributed by atoms with E-state index in [-0.39, 0.29) is 0 Å². The van der Waals surface area contributed by atoms with Crippen LogP contribution in [0.25, 0.3) is 0 Å². The second-order valence-electron chi connectivity index (χ2n) is 7.82. The van der Waals surface area contributed by atoms with Crippen LogP contribution in [0.2, 0.25) is 0 Å². The van der Waals surface area contributed by atoms with Gasteiger partial charge in [0.1, 0.15) is 0 Å². The lowest BCUT2D eigenvalue weighted by atomic mass is 10.2. The lowest BCUT2D eigenvalue weighted by Gasteiger charge is -2.38. The first-order chi connectivity index (χ1) is 11.6. The maximum Gasteiger partial charge on any atom is 0.191 e. The molecule has 0 aromatic rings. The molecule has 3 fully saturated rings. The van der Waals surface area contributed by atoms with E-state index in [1.165, 1.54) is 19.3 Å². The highest BCUT2D eigenvalue weighted by Gasteiger charge is 2.38. The summed E-state index contributed by atoms with van der Waals surface area (Å²) in [5, 5.41) is 7.16. The van der Waals surface area contributed by atoms with Crippen LogP contribution in [0.1, 0.15) is 40.0 Å². The van der Waals surface area contributed by atoms with Crippen molar-refractivity contribution in [1.29, 1.82) is 0 Å². The molecule has 1 aliphatic carbocycles. The lowest BCUT2D eigenvalue weighted by molar-refractivity contribution is -0.0174. The minimum Gasteiger partial charge on any atom is -0.379 e. The summed E-state index contributed by atoms with van der Waals surface area (Å²) in [6, 6.07) is 3.04. The van der Waals surface area contributed by atoms with E-state index in [1.807, 2.05) is 7.05 Å². The van der Waals surface area contributed by atoms with Crippen LogP contribution in [0.4, 0.5) is 0 Å². The normalized spacial score (nSPS) is 34.3. The van der Waals surface area contributed by atoms with Crippen molar-refractivity contribution in [3.8, 4) is 0 Å². The molecule has 6 nitrogen and oxygen atoms in total. The molecule has 0 bridgehead atoms. The Bertz CT molecular complexity index is 439. The summed E-state index contributed by atoms with van der Waals surface area (Å²) in [6.07, 6.45) is 3.99. The molecule has 2 aliphatic heterocycles. The molecule has 6 heteroatoms. The first kappa shape index (κ1) is 18.0. The number of nitrogens with zero attached hydrogens (tertiary/aromatic N) is 3. The standard InChI is InChI=1S/C18H35N5O/c1-13-9-16(11-23(13)17-5-6-17)21-18(19-4)20-10-14(2)22-7-8-24-12-15(22)3/h13-17H,5-12H2,1-4H3,(H2,19,20,21). The van der Waals surface area contributed by atoms with E-state index >= 15 is 0 Å². The number of aliphatic imine (C=N–C) groups is 1. The van der Waals surface area contributed by atoms with Crippen LogP contribution < -0.4 is 10.6 Å². The Balaban J connectivity index is 1.43. The Morgan fingerprint density at radius 3 is 2.75 bits per heavy atom. The van der Waals surface area contributed by atoms with Gasteiger partial charge in [-0.05, 0) is 40.0 Å². The van der Waals surface area contributed by atoms with E-state index in [0.717, 1.165) is 44.8 Å². The van der Waals surface area contributed by atoms with Gasteiger partial charge in [-0.2, -0.15) is 0 Å². The van der Waals surface area contributed by atoms with Gasteiger partial charge in [-0.1, -0.05) is 0 Å². The number of hydrogen-bond donors (Lipinski definition) is 2. The van der Waals surface area contributed by atoms with Crippen molar-refractivity contribution in [2.24, 2.45) is 4.99 Å². The highest BCUT2D eigenvalue weighted by molar-refractivity contribution is 5.80. The van der Waals surface area contributed by atoms with Crippen LogP contribution in [0, 0.1) is 0 Å². The van der Waals surface area contributed by atoms with Crippen LogP contribution in [0.15, 0.2) is 4.99 Å². The number of nitrogens with one attached hydrogen (secondary N) is 2. The smallest absolute Gasteiger partial charge is 0.191 e. The molecular weight excluding hydrogens is 302 g/mol. The summed E-state index contributed by atoms with van der Waals surface area (Å²) >= 11 is 0. The zero-order valence-corrected chi connectivity index (χ0v) is 15.8. The Kier molecular flexibility index (Phi) is 6.00. The van der Waals surface area contributed by atoms with E-state index in [0.29, 0.717) is 24.2 Å². The molecule has 0 spiro atoms. The third-order valence-corrected chi connectivity index (χ3v) is 5.75. The molecule has 24 heavy (non-hydrogen) atoms. The average molecular weight is 338 g/mol. The third kappa shape index (κ3) is 4.41. The molecule has 1 saturated carbocycles. The number of rotatable bonds is 5. The van der Waals surface area contributed by atoms with Crippen LogP contribution in [0.3, 0.4) is 0 Å². The number of guanidine groups is 1. The van der Waals surface area contributed by atoms with Gasteiger partial charge in [0, 0.05) is 56.9 Å². The molecule has 2 N–H and O–H groups in total. The van der Waals surface area contributed by atoms with Gasteiger partial charge in [0.15, 0.2) is 5.96 Å². The number of morpholine rings is 1. The van der Waals surface area contributed by atoms with E-state index in [4.69, 9.17) is 4.74 Å². The van der Waals surface area contributed by atoms with Crippen molar-refractivity contribution >= 4 is 5.96 Å². The Morgan fingerprint density at radius 2 is 2.08 bits per heavy atom. The molecular formula is C18H35N5O. The topological polar surface area (TPSA) is 52.1 Å². The Labute approximate surface area is 147 Å². The quantitative estimate of drug-likeness (QED) is 0.576. The minimum absolute atomic E-state index is 0.480. The fraction of sp³-hybridized carbons (Fsp3) is 0.944. The van der Waals surface area contributed by atoms with Crippen molar-refractivity contribution in [2.45, 2.75) is 70.2 Å². The summed E-state index contributed by atoms with van der Waals surface area (Å²) in [7, 11) is 1.87. The summed E-state index contributed by atoms with van der Waals surface area (Å²) < 4.78 is 5.54. The summed E-state index contributed by atoms with van der Waals surface area (Å²) in [5.41, 5.74) is 0. The fourth-order valence-electron chi connectivity index (χ4n) is 4.22. The minimum atomic E-state index is 0.480. The SMILES string of the molecule is CN=C(NCC(C)N1CCOCC1C)NC1CC(C)N(C2CC2)C1. The molecule has 0 aromatic heterocycles. The van der Waals surface area contributed by atoms with Crippen molar-refractivity contribution in [3.63, 3.8) is 0 Å². The summed E-state index contributed by atoms with van der Waals surface area (Å²) in [4.78, 5) is 9.62. The fourth-order valence-corrected chi connectivity index (χ4v) is 4.22. The maximum atomic E-state index is 5.54. The highest BCUT2D eigenvalue weighted by atomic mass is 16.5. The van der Waals surface area contributed by atoms with Crippen molar-refractivity contribution in [1.82, 2.24) is 20.4 Å². The first-order valence-electron chi connectivity index (χ1n) is 9.65. The van der Waals surface area contributed by atoms with E-state index in [9.17, 15) is 0 Å². The molecule has 0 aromatic carbocycles. The highest BCUT2D eigenvalue weighted by Crippen LogP contribution is 2.33. The molecule has 4 unspecified atom stereocenters. The third-order valence-electron chi connectivity index (χ3n) is 5.75. The Hall–Kier alpha value is -0.850. The number of ether oxygens (including phenoxy) is 1. The van der Waals surface area contributed by atoms with Crippen LogP contribution >= 0.6 is 0 Å². The average Bonchev–Trinajstić information content (AvgIpc) is 3.35.